The zero-order valence-corrected chi connectivity index (χ0v) is 8.57. The van der Waals surface area contributed by atoms with Crippen LogP contribution in [0.15, 0.2) is 0 Å². The first-order chi connectivity index (χ1) is 7.25. The smallest absolute Gasteiger partial charge is 0.375 e. The zero-order chi connectivity index (χ0) is 10.7. The van der Waals surface area contributed by atoms with Gasteiger partial charge in [-0.05, 0) is 5.92 Å². The van der Waals surface area contributed by atoms with Crippen LogP contribution in [0.2, 0.25) is 0 Å². The number of carbonyl (C=O) groups is 1. The Labute approximate surface area is 87.9 Å². The number of H-pyrrole nitrogens is 1. The summed E-state index contributed by atoms with van der Waals surface area (Å²) in [5.74, 6) is 0.162. The highest BCUT2D eigenvalue weighted by Crippen LogP contribution is 2.25. The molecule has 5 nitrogen and oxygen atoms in total. The lowest BCUT2D eigenvalue weighted by Crippen LogP contribution is -2.10. The van der Waals surface area contributed by atoms with Crippen LogP contribution in [0, 0.1) is 5.92 Å². The number of hydrogen-bond acceptors (Lipinski definition) is 3. The van der Waals surface area contributed by atoms with E-state index in [9.17, 15) is 4.79 Å². The molecule has 2 N–H and O–H groups in total. The van der Waals surface area contributed by atoms with Gasteiger partial charge in [0.2, 0.25) is 0 Å². The summed E-state index contributed by atoms with van der Waals surface area (Å²) in [4.78, 5) is 14.5. The third-order valence-electron chi connectivity index (χ3n) is 2.93. The molecule has 1 saturated carbocycles. The first kappa shape index (κ1) is 10.1. The maximum Gasteiger partial charge on any atom is 0.375 e. The molecular formula is C10H15N3O2. The number of carboxylic acid groups (broad SMARTS) is 1. The first-order valence-electron chi connectivity index (χ1n) is 5.40. The highest BCUT2D eigenvalue weighted by molar-refractivity contribution is 5.82. The fourth-order valence-corrected chi connectivity index (χ4v) is 2.15. The number of aromatic amines is 1. The topological polar surface area (TPSA) is 78.9 Å². The van der Waals surface area contributed by atoms with E-state index in [1.165, 1.54) is 32.1 Å². The highest BCUT2D eigenvalue weighted by atomic mass is 16.4. The van der Waals surface area contributed by atoms with Gasteiger partial charge in [0.15, 0.2) is 0 Å². The van der Waals surface area contributed by atoms with Crippen molar-refractivity contribution < 1.29 is 9.90 Å². The Kier molecular flexibility index (Phi) is 2.99. The Morgan fingerprint density at radius 1 is 1.40 bits per heavy atom. The van der Waals surface area contributed by atoms with Gasteiger partial charge in [0.05, 0.1) is 0 Å². The van der Waals surface area contributed by atoms with Crippen molar-refractivity contribution in [1.29, 1.82) is 0 Å². The highest BCUT2D eigenvalue weighted by Gasteiger charge is 2.17. The molecule has 1 aromatic heterocycles. The van der Waals surface area contributed by atoms with Crippen LogP contribution in [0.5, 0.6) is 0 Å². The Balaban J connectivity index is 1.94. The van der Waals surface area contributed by atoms with Gasteiger partial charge in [-0.1, -0.05) is 32.1 Å². The predicted molar refractivity (Wildman–Crippen MR) is 53.6 cm³/mol. The normalized spacial score (nSPS) is 17.9. The van der Waals surface area contributed by atoms with E-state index in [4.69, 9.17) is 5.11 Å². The quantitative estimate of drug-likeness (QED) is 0.792. The van der Waals surface area contributed by atoms with Crippen LogP contribution in [0.1, 0.15) is 48.5 Å². The van der Waals surface area contributed by atoms with Gasteiger partial charge in [-0.2, -0.15) is 0 Å². The summed E-state index contributed by atoms with van der Waals surface area (Å²) in [6, 6.07) is 0. The number of nitrogens with one attached hydrogen (secondary N) is 1. The molecule has 1 aromatic rings. The van der Waals surface area contributed by atoms with Gasteiger partial charge >= 0.3 is 5.97 Å². The number of aromatic carboxylic acids is 1. The molecule has 0 aliphatic heterocycles. The van der Waals surface area contributed by atoms with Gasteiger partial charge in [-0.25, -0.2) is 9.78 Å². The van der Waals surface area contributed by atoms with Gasteiger partial charge in [0.25, 0.3) is 5.82 Å². The second-order valence-corrected chi connectivity index (χ2v) is 4.12. The van der Waals surface area contributed by atoms with Crippen molar-refractivity contribution in [3.05, 3.63) is 11.6 Å². The van der Waals surface area contributed by atoms with Crippen molar-refractivity contribution in [2.24, 2.45) is 5.92 Å². The average Bonchev–Trinajstić information content (AvgIpc) is 2.68. The van der Waals surface area contributed by atoms with Crippen LogP contribution in [0.3, 0.4) is 0 Å². The lowest BCUT2D eigenvalue weighted by atomic mass is 9.87. The zero-order valence-electron chi connectivity index (χ0n) is 8.57. The largest absolute Gasteiger partial charge is 0.475 e. The number of nitrogens with zero attached hydrogens (tertiary/aromatic N) is 2. The van der Waals surface area contributed by atoms with Crippen molar-refractivity contribution in [2.45, 2.75) is 38.5 Å². The fraction of sp³-hybridized carbons (Fsp3) is 0.700. The molecule has 0 radical (unpaired) electrons. The molecule has 15 heavy (non-hydrogen) atoms. The Morgan fingerprint density at radius 2 is 2.13 bits per heavy atom. The summed E-state index contributed by atoms with van der Waals surface area (Å²) in [7, 11) is 0. The van der Waals surface area contributed by atoms with Crippen LogP contribution < -0.4 is 0 Å². The molecule has 0 aromatic carbocycles. The Bertz CT molecular complexity index is 342. The van der Waals surface area contributed by atoms with Crippen molar-refractivity contribution in [3.8, 4) is 0 Å². The third kappa shape index (κ3) is 2.55. The molecule has 0 unspecified atom stereocenters. The van der Waals surface area contributed by atoms with E-state index in [0.29, 0.717) is 11.7 Å². The molecule has 2 rings (SSSR count). The number of rotatable bonds is 3. The first-order valence-corrected chi connectivity index (χ1v) is 5.40. The van der Waals surface area contributed by atoms with Crippen LogP contribution in [-0.2, 0) is 6.42 Å². The molecule has 0 spiro atoms. The molecule has 0 bridgehead atoms. The van der Waals surface area contributed by atoms with Crippen LogP contribution in [0.25, 0.3) is 0 Å². The van der Waals surface area contributed by atoms with Gasteiger partial charge in [-0.3, -0.25) is 5.10 Å². The molecular weight excluding hydrogens is 194 g/mol. The molecule has 1 aliphatic carbocycles. The summed E-state index contributed by atoms with van der Waals surface area (Å²) >= 11 is 0. The molecule has 1 heterocycles. The van der Waals surface area contributed by atoms with Crippen molar-refractivity contribution >= 4 is 5.97 Å². The maximum absolute atomic E-state index is 10.6. The van der Waals surface area contributed by atoms with E-state index >= 15 is 0 Å². The summed E-state index contributed by atoms with van der Waals surface area (Å²) in [5.41, 5.74) is 0. The standard InChI is InChI=1S/C10H15N3O2/c14-10(15)9-11-8(12-13-9)6-7-4-2-1-3-5-7/h7H,1-6H2,(H,14,15)(H,11,12,13). The average molecular weight is 209 g/mol. The molecule has 5 heteroatoms. The summed E-state index contributed by atoms with van der Waals surface area (Å²) in [6.45, 7) is 0. The van der Waals surface area contributed by atoms with E-state index in [1.54, 1.807) is 0 Å². The molecule has 1 aliphatic rings. The fourth-order valence-electron chi connectivity index (χ4n) is 2.15. The summed E-state index contributed by atoms with van der Waals surface area (Å²) < 4.78 is 0. The minimum Gasteiger partial charge on any atom is -0.475 e. The van der Waals surface area contributed by atoms with E-state index in [2.05, 4.69) is 15.2 Å². The van der Waals surface area contributed by atoms with Gasteiger partial charge in [0.1, 0.15) is 5.82 Å². The molecule has 82 valence electrons. The van der Waals surface area contributed by atoms with Crippen LogP contribution in [0.4, 0.5) is 0 Å². The predicted octanol–water partition coefficient (Wildman–Crippen LogP) is 1.63. The van der Waals surface area contributed by atoms with Crippen LogP contribution in [-0.4, -0.2) is 26.3 Å². The van der Waals surface area contributed by atoms with E-state index in [-0.39, 0.29) is 5.82 Å². The SMILES string of the molecule is O=C(O)c1n[nH]c(CC2CCCCC2)n1. The molecule has 0 saturated heterocycles. The maximum atomic E-state index is 10.6. The van der Waals surface area contributed by atoms with E-state index < -0.39 is 5.97 Å². The van der Waals surface area contributed by atoms with E-state index in [1.807, 2.05) is 0 Å². The number of aromatic nitrogens is 3. The van der Waals surface area contributed by atoms with Crippen molar-refractivity contribution in [2.75, 3.05) is 0 Å². The Morgan fingerprint density at radius 3 is 2.73 bits per heavy atom. The summed E-state index contributed by atoms with van der Waals surface area (Å²) in [6.07, 6.45) is 7.18. The molecule has 1 fully saturated rings. The minimum atomic E-state index is -1.07. The third-order valence-corrected chi connectivity index (χ3v) is 2.93. The number of hydrogen-bond donors (Lipinski definition) is 2. The minimum absolute atomic E-state index is 0.124. The van der Waals surface area contributed by atoms with Crippen molar-refractivity contribution in [3.63, 3.8) is 0 Å². The van der Waals surface area contributed by atoms with E-state index in [0.717, 1.165) is 6.42 Å². The molecule has 0 amide bonds. The summed E-state index contributed by atoms with van der Waals surface area (Å²) in [5, 5.41) is 15.0. The van der Waals surface area contributed by atoms with Gasteiger partial charge < -0.3 is 5.11 Å². The van der Waals surface area contributed by atoms with Gasteiger partial charge in [0, 0.05) is 6.42 Å². The second-order valence-electron chi connectivity index (χ2n) is 4.12. The lowest BCUT2D eigenvalue weighted by molar-refractivity contribution is 0.0684. The van der Waals surface area contributed by atoms with Crippen molar-refractivity contribution in [1.82, 2.24) is 15.2 Å². The lowest BCUT2D eigenvalue weighted by Gasteiger charge is -2.19. The number of carboxylic acids is 1. The second kappa shape index (κ2) is 4.42. The van der Waals surface area contributed by atoms with Crippen LogP contribution >= 0.6 is 0 Å². The molecule has 0 atom stereocenters. The Hall–Kier alpha value is -1.39. The van der Waals surface area contributed by atoms with Gasteiger partial charge in [-0.15, -0.1) is 5.10 Å². The monoisotopic (exact) mass is 209 g/mol.